The number of carbonyl (C=O) groups excluding carboxylic acids is 1. The topological polar surface area (TPSA) is 92.9 Å². The van der Waals surface area contributed by atoms with Crippen molar-refractivity contribution in [1.29, 1.82) is 0 Å². The third-order valence-corrected chi connectivity index (χ3v) is 10.5. The number of hydrogen-bond donors (Lipinski definition) is 2. The fourth-order valence-electron chi connectivity index (χ4n) is 7.03. The molecule has 3 aliphatic heterocycles. The fraction of sp³-hybridized carbons (Fsp3) is 0.600. The Morgan fingerprint density at radius 1 is 1.12 bits per heavy atom. The van der Waals surface area contributed by atoms with E-state index in [4.69, 9.17) is 25.8 Å². The number of aryl methyl sites for hydroxylation is 1. The minimum absolute atomic E-state index is 0.114. The normalized spacial score (nSPS) is 29.5. The predicted octanol–water partition coefficient (Wildman–Crippen LogP) is 4.92. The Bertz CT molecular complexity index is 1360. The molecule has 8 nitrogen and oxygen atoms in total. The number of rotatable bonds is 6. The van der Waals surface area contributed by atoms with E-state index in [-0.39, 0.29) is 23.9 Å². The number of benzene rings is 1. The first-order valence-corrected chi connectivity index (χ1v) is 15.8. The van der Waals surface area contributed by atoms with Gasteiger partial charge in [-0.25, -0.2) is 0 Å². The van der Waals surface area contributed by atoms with Crippen LogP contribution in [-0.2, 0) is 11.3 Å². The van der Waals surface area contributed by atoms with Crippen molar-refractivity contribution in [3.63, 3.8) is 0 Å². The molecule has 3 atom stereocenters. The van der Waals surface area contributed by atoms with E-state index in [1.54, 1.807) is 6.07 Å². The molecule has 2 aromatic rings. The van der Waals surface area contributed by atoms with Crippen molar-refractivity contribution in [2.75, 3.05) is 32.6 Å². The molecule has 1 aliphatic carbocycles. The van der Waals surface area contributed by atoms with E-state index in [9.17, 15) is 9.59 Å². The van der Waals surface area contributed by atoms with Crippen LogP contribution >= 0.6 is 23.4 Å². The highest BCUT2D eigenvalue weighted by Crippen LogP contribution is 2.52. The number of carbonyl (C=O) groups is 1. The Morgan fingerprint density at radius 3 is 2.48 bits per heavy atom. The van der Waals surface area contributed by atoms with Gasteiger partial charge in [-0.05, 0) is 57.9 Å². The van der Waals surface area contributed by atoms with Crippen molar-refractivity contribution in [2.24, 2.45) is 17.8 Å². The Kier molecular flexibility index (Phi) is 7.61. The van der Waals surface area contributed by atoms with Gasteiger partial charge in [0.15, 0.2) is 11.5 Å². The summed E-state index contributed by atoms with van der Waals surface area (Å²) in [5.41, 5.74) is 2.22. The van der Waals surface area contributed by atoms with Gasteiger partial charge in [-0.1, -0.05) is 11.6 Å². The van der Waals surface area contributed by atoms with Gasteiger partial charge in [0.25, 0.3) is 17.3 Å². The second-order valence-corrected chi connectivity index (χ2v) is 13.2. The molecule has 6 rings (SSSR count). The zero-order chi connectivity index (χ0) is 28.2. The lowest BCUT2D eigenvalue weighted by Crippen LogP contribution is -2.47. The van der Waals surface area contributed by atoms with E-state index in [2.05, 4.69) is 15.2 Å². The number of aromatic amines is 1. The Hall–Kier alpha value is -2.20. The number of amides is 1. The number of H-pyrrole nitrogens is 1. The first-order chi connectivity index (χ1) is 19.2. The molecule has 2 N–H and O–H groups in total. The van der Waals surface area contributed by atoms with Gasteiger partial charge in [-0.2, -0.15) is 0 Å². The number of hydrogen-bond acceptors (Lipinski definition) is 7. The van der Waals surface area contributed by atoms with Crippen molar-refractivity contribution in [3.8, 4) is 11.5 Å². The number of aromatic nitrogens is 1. The molecule has 1 aromatic carbocycles. The molecule has 4 heterocycles. The quantitative estimate of drug-likeness (QED) is 0.463. The Labute approximate surface area is 244 Å². The molecule has 0 radical (unpaired) electrons. The summed E-state index contributed by atoms with van der Waals surface area (Å²) in [6.07, 6.45) is 6.20. The molecular formula is C30H38ClN3O5S. The maximum absolute atomic E-state index is 13.3. The molecule has 0 spiro atoms. The molecule has 0 bridgehead atoms. The molecule has 4 aliphatic rings. The van der Waals surface area contributed by atoms with Crippen LogP contribution in [0.25, 0.3) is 0 Å². The van der Waals surface area contributed by atoms with Gasteiger partial charge in [0.05, 0.1) is 18.2 Å². The minimum Gasteiger partial charge on any atom is -0.448 e. The van der Waals surface area contributed by atoms with Crippen molar-refractivity contribution < 1.29 is 19.0 Å². The van der Waals surface area contributed by atoms with Crippen LogP contribution in [0.15, 0.2) is 21.8 Å². The third kappa shape index (κ3) is 5.03. The summed E-state index contributed by atoms with van der Waals surface area (Å²) in [7, 11) is 0. The first kappa shape index (κ1) is 27.9. The van der Waals surface area contributed by atoms with Crippen molar-refractivity contribution in [2.45, 2.75) is 69.7 Å². The number of pyridine rings is 1. The van der Waals surface area contributed by atoms with Crippen LogP contribution in [-0.4, -0.2) is 60.2 Å². The molecule has 216 valence electrons. The van der Waals surface area contributed by atoms with E-state index in [0.717, 1.165) is 62.6 Å². The molecule has 1 amide bonds. The fourth-order valence-corrected chi connectivity index (χ4v) is 7.97. The first-order valence-electron chi connectivity index (χ1n) is 14.2. The highest BCUT2D eigenvalue weighted by atomic mass is 35.5. The third-order valence-electron chi connectivity index (χ3n) is 9.39. The van der Waals surface area contributed by atoms with E-state index in [1.165, 1.54) is 11.8 Å². The van der Waals surface area contributed by atoms with E-state index in [1.807, 2.05) is 33.1 Å². The van der Waals surface area contributed by atoms with Crippen LogP contribution in [0, 0.1) is 31.6 Å². The number of nitrogens with zero attached hydrogens (tertiary/aromatic N) is 1. The molecule has 1 aromatic heterocycles. The predicted molar refractivity (Wildman–Crippen MR) is 156 cm³/mol. The van der Waals surface area contributed by atoms with Gasteiger partial charge in [0, 0.05) is 77.6 Å². The summed E-state index contributed by atoms with van der Waals surface area (Å²) < 4.78 is 18.6. The monoisotopic (exact) mass is 587 g/mol. The van der Waals surface area contributed by atoms with Gasteiger partial charge in [0.1, 0.15) is 0 Å². The van der Waals surface area contributed by atoms with Gasteiger partial charge in [-0.15, -0.1) is 11.8 Å². The summed E-state index contributed by atoms with van der Waals surface area (Å²) in [6, 6.07) is 4.16. The number of likely N-dealkylation sites (tertiary alicyclic amines) is 1. The smallest absolute Gasteiger partial charge is 0.254 e. The number of nitrogens with one attached hydrogen (secondary N) is 2. The van der Waals surface area contributed by atoms with Gasteiger partial charge < -0.3 is 24.5 Å². The molecular weight excluding hydrogens is 550 g/mol. The Morgan fingerprint density at radius 2 is 1.80 bits per heavy atom. The van der Waals surface area contributed by atoms with Crippen LogP contribution in [0.1, 0.15) is 59.8 Å². The molecule has 3 fully saturated rings. The number of thioether (sulfide) groups is 1. The van der Waals surface area contributed by atoms with Crippen LogP contribution in [0.4, 0.5) is 0 Å². The van der Waals surface area contributed by atoms with Crippen molar-refractivity contribution >= 4 is 29.3 Å². The molecule has 40 heavy (non-hydrogen) atoms. The lowest BCUT2D eigenvalue weighted by Gasteiger charge is -2.40. The minimum atomic E-state index is -0.825. The summed E-state index contributed by atoms with van der Waals surface area (Å²) in [6.45, 7) is 9.96. The summed E-state index contributed by atoms with van der Waals surface area (Å²) in [5, 5.41) is 3.25. The standard InChI is InChI=1S/C30H38ClN3O5S/c1-16-9-25(40-4)23(29(36)33-16)11-32-28(35)22-10-24(31)27-26(17(22)2)38-30(3,39-27)20-5-7-21(8-6-20)34-12-18-14-37-15-19(18)13-34/h9-10,18-21H,5-8,11-15H2,1-4H3,(H,32,35)(H,33,36)/t18?,19?,20-,21+,30-/m0/s1. The van der Waals surface area contributed by atoms with Gasteiger partial charge in [0.2, 0.25) is 0 Å². The Balaban J connectivity index is 1.12. The molecule has 1 saturated carbocycles. The highest BCUT2D eigenvalue weighted by Gasteiger charge is 2.49. The average Bonchev–Trinajstić information content (AvgIpc) is 3.64. The lowest BCUT2D eigenvalue weighted by molar-refractivity contribution is -0.124. The SMILES string of the molecule is CSc1cc(C)[nH]c(=O)c1CNC(=O)c1cc(Cl)c2c(c1C)O[C@](C)([C@H]1CC[C@@H](N3CC4COCC4C3)CC1)O2. The van der Waals surface area contributed by atoms with Gasteiger partial charge >= 0.3 is 0 Å². The van der Waals surface area contributed by atoms with Crippen molar-refractivity contribution in [3.05, 3.63) is 49.9 Å². The number of fused-ring (bicyclic) bond motifs is 2. The largest absolute Gasteiger partial charge is 0.448 e. The van der Waals surface area contributed by atoms with Crippen LogP contribution in [0.2, 0.25) is 5.02 Å². The zero-order valence-electron chi connectivity index (χ0n) is 23.6. The summed E-state index contributed by atoms with van der Waals surface area (Å²) >= 11 is 8.14. The maximum Gasteiger partial charge on any atom is 0.254 e. The highest BCUT2D eigenvalue weighted by molar-refractivity contribution is 7.98. The maximum atomic E-state index is 13.3. The van der Waals surface area contributed by atoms with E-state index < -0.39 is 5.79 Å². The van der Waals surface area contributed by atoms with Crippen LogP contribution < -0.4 is 20.3 Å². The summed E-state index contributed by atoms with van der Waals surface area (Å²) in [5.74, 6) is 1.54. The number of halogens is 1. The molecule has 2 unspecified atom stereocenters. The van der Waals surface area contributed by atoms with Gasteiger partial charge in [-0.3, -0.25) is 14.5 Å². The molecule has 2 saturated heterocycles. The molecule has 10 heteroatoms. The van der Waals surface area contributed by atoms with Crippen LogP contribution in [0.3, 0.4) is 0 Å². The summed E-state index contributed by atoms with van der Waals surface area (Å²) in [4.78, 5) is 32.1. The van der Waals surface area contributed by atoms with Crippen LogP contribution in [0.5, 0.6) is 11.5 Å². The second kappa shape index (κ2) is 10.9. The number of ether oxygens (including phenoxy) is 3. The van der Waals surface area contributed by atoms with E-state index >= 15 is 0 Å². The zero-order valence-corrected chi connectivity index (χ0v) is 25.2. The lowest BCUT2D eigenvalue weighted by atomic mass is 9.81. The van der Waals surface area contributed by atoms with E-state index in [0.29, 0.717) is 51.1 Å². The average molecular weight is 588 g/mol. The van der Waals surface area contributed by atoms with Crippen molar-refractivity contribution in [1.82, 2.24) is 15.2 Å². The second-order valence-electron chi connectivity index (χ2n) is 11.9.